The van der Waals surface area contributed by atoms with Gasteiger partial charge in [-0.2, -0.15) is 0 Å². The predicted molar refractivity (Wildman–Crippen MR) is 65.2 cm³/mol. The van der Waals surface area contributed by atoms with Crippen molar-refractivity contribution in [1.29, 1.82) is 0 Å². The number of aryl methyl sites for hydroxylation is 2. The minimum Gasteiger partial charge on any atom is -0.467 e. The number of hydrogen-bond acceptors (Lipinski definition) is 2. The van der Waals surface area contributed by atoms with Gasteiger partial charge in [0, 0.05) is 0 Å². The van der Waals surface area contributed by atoms with Crippen LogP contribution < -0.4 is 5.73 Å². The molecule has 0 saturated carbocycles. The summed E-state index contributed by atoms with van der Waals surface area (Å²) in [4.78, 5) is 0. The smallest absolute Gasteiger partial charge is 0.123 e. The molecule has 1 aromatic heterocycles. The Morgan fingerprint density at radius 1 is 1.24 bits per heavy atom. The lowest BCUT2D eigenvalue weighted by atomic mass is 9.99. The van der Waals surface area contributed by atoms with Gasteiger partial charge in [0.1, 0.15) is 11.6 Å². The Hall–Kier alpha value is -1.61. The van der Waals surface area contributed by atoms with Gasteiger partial charge in [-0.1, -0.05) is 6.07 Å². The van der Waals surface area contributed by atoms with Crippen LogP contribution in [0.3, 0.4) is 0 Å². The summed E-state index contributed by atoms with van der Waals surface area (Å²) in [6.45, 7) is 3.91. The van der Waals surface area contributed by atoms with Crippen molar-refractivity contribution >= 4 is 0 Å². The van der Waals surface area contributed by atoms with Gasteiger partial charge in [-0.05, 0) is 55.2 Å². The molecule has 0 spiro atoms. The molecule has 2 nitrogen and oxygen atoms in total. The van der Waals surface area contributed by atoms with E-state index < -0.39 is 0 Å². The van der Waals surface area contributed by atoms with Crippen molar-refractivity contribution in [3.05, 3.63) is 58.8 Å². The molecule has 0 amide bonds. The van der Waals surface area contributed by atoms with Crippen molar-refractivity contribution in [3.63, 3.8) is 0 Å². The van der Waals surface area contributed by atoms with Gasteiger partial charge < -0.3 is 10.2 Å². The zero-order valence-electron chi connectivity index (χ0n) is 10.0. The first-order valence-electron chi connectivity index (χ1n) is 5.62. The van der Waals surface area contributed by atoms with Crippen LogP contribution in [0, 0.1) is 19.7 Å². The monoisotopic (exact) mass is 233 g/mol. The van der Waals surface area contributed by atoms with Crippen molar-refractivity contribution in [2.75, 3.05) is 0 Å². The van der Waals surface area contributed by atoms with E-state index in [9.17, 15) is 4.39 Å². The Balaban J connectivity index is 2.21. The lowest BCUT2D eigenvalue weighted by Gasteiger charge is -2.12. The highest BCUT2D eigenvalue weighted by Gasteiger charge is 2.14. The summed E-state index contributed by atoms with van der Waals surface area (Å²) in [5, 5.41) is 0. The molecule has 0 aliphatic rings. The van der Waals surface area contributed by atoms with E-state index in [-0.39, 0.29) is 11.9 Å². The van der Waals surface area contributed by atoms with Crippen LogP contribution in [-0.2, 0) is 6.42 Å². The fourth-order valence-electron chi connectivity index (χ4n) is 1.95. The molecule has 2 aromatic rings. The van der Waals surface area contributed by atoms with Gasteiger partial charge in [-0.25, -0.2) is 4.39 Å². The molecule has 17 heavy (non-hydrogen) atoms. The van der Waals surface area contributed by atoms with Crippen LogP contribution in [0.25, 0.3) is 0 Å². The maximum absolute atomic E-state index is 13.2. The second kappa shape index (κ2) is 4.72. The van der Waals surface area contributed by atoms with E-state index in [0.29, 0.717) is 6.42 Å². The largest absolute Gasteiger partial charge is 0.467 e. The summed E-state index contributed by atoms with van der Waals surface area (Å²) < 4.78 is 18.5. The number of benzene rings is 1. The van der Waals surface area contributed by atoms with Crippen LogP contribution >= 0.6 is 0 Å². The van der Waals surface area contributed by atoms with Crippen molar-refractivity contribution < 1.29 is 8.81 Å². The number of rotatable bonds is 3. The topological polar surface area (TPSA) is 39.2 Å². The Morgan fingerprint density at radius 2 is 2.00 bits per heavy atom. The van der Waals surface area contributed by atoms with Crippen LogP contribution in [0.5, 0.6) is 0 Å². The molecule has 1 atom stereocenters. The molecular weight excluding hydrogens is 217 g/mol. The average Bonchev–Trinajstić information content (AvgIpc) is 2.70. The first-order valence-corrected chi connectivity index (χ1v) is 5.62. The van der Waals surface area contributed by atoms with Crippen molar-refractivity contribution in [1.82, 2.24) is 0 Å². The van der Waals surface area contributed by atoms with E-state index in [1.807, 2.05) is 19.9 Å². The zero-order chi connectivity index (χ0) is 12.4. The lowest BCUT2D eigenvalue weighted by molar-refractivity contribution is 0.461. The first-order chi connectivity index (χ1) is 8.08. The molecule has 0 aliphatic heterocycles. The minimum absolute atomic E-state index is 0.228. The first kappa shape index (κ1) is 11.9. The van der Waals surface area contributed by atoms with E-state index >= 15 is 0 Å². The molecular formula is C14H16FNO. The Bertz CT molecular complexity index is 519. The van der Waals surface area contributed by atoms with Crippen molar-refractivity contribution in [3.8, 4) is 0 Å². The number of nitrogens with two attached hydrogens (primary N) is 1. The standard InChI is InChI=1S/C14H16FNO/c1-9-3-4-12(15)7-11(9)8-13(16)14-10(2)5-6-17-14/h3-7,13H,8,16H2,1-2H3. The molecule has 2 N–H and O–H groups in total. The normalized spacial score (nSPS) is 12.7. The molecule has 0 radical (unpaired) electrons. The van der Waals surface area contributed by atoms with Gasteiger partial charge in [-0.3, -0.25) is 0 Å². The van der Waals surface area contributed by atoms with Gasteiger partial charge in [0.05, 0.1) is 12.3 Å². The van der Waals surface area contributed by atoms with Gasteiger partial charge in [0.25, 0.3) is 0 Å². The number of halogens is 1. The van der Waals surface area contributed by atoms with E-state index in [0.717, 1.165) is 22.5 Å². The summed E-state index contributed by atoms with van der Waals surface area (Å²) in [5.74, 6) is 0.544. The quantitative estimate of drug-likeness (QED) is 0.883. The summed E-state index contributed by atoms with van der Waals surface area (Å²) in [5.41, 5.74) is 9.08. The second-order valence-electron chi connectivity index (χ2n) is 4.35. The van der Waals surface area contributed by atoms with Crippen LogP contribution in [0.1, 0.15) is 28.5 Å². The van der Waals surface area contributed by atoms with Crippen LogP contribution in [0.4, 0.5) is 4.39 Å². The van der Waals surface area contributed by atoms with E-state index in [1.54, 1.807) is 12.3 Å². The molecule has 0 fully saturated rings. The van der Waals surface area contributed by atoms with E-state index in [2.05, 4.69) is 0 Å². The minimum atomic E-state index is -0.231. The predicted octanol–water partition coefficient (Wildman–Crippen LogP) is 3.28. The second-order valence-corrected chi connectivity index (χ2v) is 4.35. The van der Waals surface area contributed by atoms with Crippen LogP contribution in [0.15, 0.2) is 34.9 Å². The maximum atomic E-state index is 13.2. The average molecular weight is 233 g/mol. The number of hydrogen-bond donors (Lipinski definition) is 1. The Kier molecular flexibility index (Phi) is 3.29. The highest BCUT2D eigenvalue weighted by molar-refractivity contribution is 5.29. The van der Waals surface area contributed by atoms with Gasteiger partial charge in [0.2, 0.25) is 0 Å². The Labute approximate surface area is 100 Å². The Morgan fingerprint density at radius 3 is 2.65 bits per heavy atom. The molecule has 0 saturated heterocycles. The van der Waals surface area contributed by atoms with Gasteiger partial charge >= 0.3 is 0 Å². The zero-order valence-corrected chi connectivity index (χ0v) is 10.0. The summed E-state index contributed by atoms with van der Waals surface area (Å²) in [6.07, 6.45) is 2.21. The molecule has 0 bridgehead atoms. The molecule has 90 valence electrons. The molecule has 0 aliphatic carbocycles. The van der Waals surface area contributed by atoms with E-state index in [4.69, 9.17) is 10.2 Å². The van der Waals surface area contributed by atoms with Crippen LogP contribution in [-0.4, -0.2) is 0 Å². The molecule has 2 rings (SSSR count). The summed E-state index contributed by atoms with van der Waals surface area (Å²) in [6, 6.07) is 6.42. The fraction of sp³-hybridized carbons (Fsp3) is 0.286. The van der Waals surface area contributed by atoms with Crippen molar-refractivity contribution in [2.24, 2.45) is 5.73 Å². The highest BCUT2D eigenvalue weighted by Crippen LogP contribution is 2.22. The molecule has 1 unspecified atom stereocenters. The lowest BCUT2D eigenvalue weighted by Crippen LogP contribution is -2.14. The van der Waals surface area contributed by atoms with E-state index in [1.165, 1.54) is 12.1 Å². The third-order valence-electron chi connectivity index (χ3n) is 2.99. The maximum Gasteiger partial charge on any atom is 0.123 e. The van der Waals surface area contributed by atoms with Gasteiger partial charge in [0.15, 0.2) is 0 Å². The fourth-order valence-corrected chi connectivity index (χ4v) is 1.95. The SMILES string of the molecule is Cc1ccc(F)cc1CC(N)c1occc1C. The highest BCUT2D eigenvalue weighted by atomic mass is 19.1. The van der Waals surface area contributed by atoms with Gasteiger partial charge in [-0.15, -0.1) is 0 Å². The van der Waals surface area contributed by atoms with Crippen LogP contribution in [0.2, 0.25) is 0 Å². The molecule has 1 aromatic carbocycles. The third-order valence-corrected chi connectivity index (χ3v) is 2.99. The molecule has 1 heterocycles. The number of furan rings is 1. The third kappa shape index (κ3) is 2.56. The summed E-state index contributed by atoms with van der Waals surface area (Å²) >= 11 is 0. The van der Waals surface area contributed by atoms with Crippen molar-refractivity contribution in [2.45, 2.75) is 26.3 Å². The molecule has 3 heteroatoms. The summed E-state index contributed by atoms with van der Waals surface area (Å²) in [7, 11) is 0.